The highest BCUT2D eigenvalue weighted by atomic mass is 16.7. The van der Waals surface area contributed by atoms with Gasteiger partial charge < -0.3 is 28.5 Å². The molecule has 380 valence electrons. The van der Waals surface area contributed by atoms with E-state index in [4.69, 9.17) is 18.9 Å². The summed E-state index contributed by atoms with van der Waals surface area (Å²) in [4.78, 5) is 37.2. The van der Waals surface area contributed by atoms with Gasteiger partial charge >= 0.3 is 17.9 Å². The Labute approximate surface area is 405 Å². The topological polar surface area (TPSA) is 108 Å². The molecule has 2 atom stereocenters. The van der Waals surface area contributed by atoms with Crippen LogP contribution in [-0.2, 0) is 33.3 Å². The summed E-state index contributed by atoms with van der Waals surface area (Å²) in [6.07, 6.45) is 58.5. The molecule has 0 fully saturated rings. The summed E-state index contributed by atoms with van der Waals surface area (Å²) in [5, 5.41) is 9.65. The number of carbonyl (C=O) groups excluding carboxylic acids is 2. The molecular weight excluding hydrogens is 827 g/mol. The summed E-state index contributed by atoms with van der Waals surface area (Å²) in [6, 6.07) is 0. The lowest BCUT2D eigenvalue weighted by atomic mass is 10.0. The van der Waals surface area contributed by atoms with Gasteiger partial charge in [0.25, 0.3) is 6.29 Å². The number of quaternary nitrogens is 1. The Morgan fingerprint density at radius 2 is 0.864 bits per heavy atom. The number of allylic oxidation sites excluding steroid dienone is 12. The number of likely N-dealkylation sites (N-methyl/N-ethyl adjacent to an activating group) is 1. The van der Waals surface area contributed by atoms with Crippen molar-refractivity contribution in [1.82, 2.24) is 0 Å². The van der Waals surface area contributed by atoms with E-state index < -0.39 is 24.3 Å². The largest absolute Gasteiger partial charge is 0.477 e. The van der Waals surface area contributed by atoms with E-state index in [0.717, 1.165) is 96.3 Å². The Bertz CT molecular complexity index is 1310. The lowest BCUT2D eigenvalue weighted by Crippen LogP contribution is -2.40. The molecule has 9 heteroatoms. The molecule has 0 aromatic carbocycles. The molecule has 0 aromatic rings. The molecule has 0 saturated heterocycles. The third-order valence-corrected chi connectivity index (χ3v) is 11.2. The van der Waals surface area contributed by atoms with E-state index in [0.29, 0.717) is 11.0 Å². The first kappa shape index (κ1) is 62.7. The van der Waals surface area contributed by atoms with Crippen LogP contribution in [0.15, 0.2) is 72.9 Å². The number of ether oxygens (including phenoxy) is 4. The number of hydrogen-bond acceptors (Lipinski definition) is 7. The number of nitrogens with zero attached hydrogens (tertiary/aromatic N) is 1. The zero-order chi connectivity index (χ0) is 48.4. The highest BCUT2D eigenvalue weighted by molar-refractivity contribution is 5.71. The predicted molar refractivity (Wildman–Crippen MR) is 276 cm³/mol. The van der Waals surface area contributed by atoms with Crippen molar-refractivity contribution >= 4 is 17.9 Å². The summed E-state index contributed by atoms with van der Waals surface area (Å²) in [6.45, 7) is 4.68. The van der Waals surface area contributed by atoms with Gasteiger partial charge in [0.1, 0.15) is 13.2 Å². The third kappa shape index (κ3) is 48.7. The van der Waals surface area contributed by atoms with E-state index in [9.17, 15) is 19.5 Å². The van der Waals surface area contributed by atoms with Crippen LogP contribution in [0.3, 0.4) is 0 Å². The van der Waals surface area contributed by atoms with Crippen LogP contribution < -0.4 is 0 Å². The van der Waals surface area contributed by atoms with Crippen molar-refractivity contribution < 1.29 is 42.9 Å². The van der Waals surface area contributed by atoms with Crippen LogP contribution >= 0.6 is 0 Å². The summed E-state index contributed by atoms with van der Waals surface area (Å²) >= 11 is 0. The average Bonchev–Trinajstić information content (AvgIpc) is 3.28. The van der Waals surface area contributed by atoms with Crippen LogP contribution in [0.1, 0.15) is 213 Å². The first-order chi connectivity index (χ1) is 32.1. The number of carboxylic acids is 1. The second kappa shape index (κ2) is 48.2. The minimum Gasteiger partial charge on any atom is -0.477 e. The van der Waals surface area contributed by atoms with Crippen LogP contribution in [0.25, 0.3) is 0 Å². The third-order valence-electron chi connectivity index (χ3n) is 11.2. The van der Waals surface area contributed by atoms with E-state index >= 15 is 0 Å². The van der Waals surface area contributed by atoms with Gasteiger partial charge in [-0.25, -0.2) is 4.79 Å². The molecule has 66 heavy (non-hydrogen) atoms. The van der Waals surface area contributed by atoms with E-state index in [1.54, 1.807) is 0 Å². The monoisotopic (exact) mass is 927 g/mol. The molecule has 0 aliphatic rings. The lowest BCUT2D eigenvalue weighted by molar-refractivity contribution is -0.870. The quantitative estimate of drug-likeness (QED) is 0.0211. The average molecular weight is 927 g/mol. The van der Waals surface area contributed by atoms with E-state index in [2.05, 4.69) is 86.8 Å². The molecule has 0 rings (SSSR count). The molecule has 9 nitrogen and oxygen atoms in total. The van der Waals surface area contributed by atoms with Gasteiger partial charge in [-0.05, 0) is 77.0 Å². The van der Waals surface area contributed by atoms with Crippen molar-refractivity contribution in [2.75, 3.05) is 47.5 Å². The number of aliphatic carboxylic acids is 1. The summed E-state index contributed by atoms with van der Waals surface area (Å²) in [5.74, 6) is -2.02. The zero-order valence-corrected chi connectivity index (χ0v) is 43.1. The molecule has 0 aromatic heterocycles. The summed E-state index contributed by atoms with van der Waals surface area (Å²) < 4.78 is 22.8. The Morgan fingerprint density at radius 1 is 0.470 bits per heavy atom. The SMILES string of the molecule is CC/C=C\C/C=C\C/C=C\C/C=C\C/C=C\CCCCCCCCCCCCCCCCCC(=O)OC(COC(=O)CCCCCCC/C=C\CCC)COC(OCC[N+](C)(C)C)C(=O)O. The first-order valence-electron chi connectivity index (χ1n) is 26.6. The van der Waals surface area contributed by atoms with E-state index in [-0.39, 0.29) is 38.6 Å². The molecule has 0 heterocycles. The lowest BCUT2D eigenvalue weighted by Gasteiger charge is -2.25. The number of rotatable bonds is 48. The number of hydrogen-bond donors (Lipinski definition) is 1. The Kier molecular flexibility index (Phi) is 45.8. The molecule has 0 aliphatic carbocycles. The van der Waals surface area contributed by atoms with Crippen LogP contribution in [0.5, 0.6) is 0 Å². The molecule has 0 spiro atoms. The fourth-order valence-electron chi connectivity index (χ4n) is 7.10. The minimum atomic E-state index is -1.51. The Hall–Kier alpha value is -3.27. The Morgan fingerprint density at radius 3 is 1.30 bits per heavy atom. The fraction of sp³-hybridized carbons (Fsp3) is 0.737. The second-order valence-electron chi connectivity index (χ2n) is 18.8. The number of carbonyl (C=O) groups is 3. The van der Waals surface area contributed by atoms with Gasteiger partial charge in [-0.1, -0.05) is 196 Å². The van der Waals surface area contributed by atoms with Crippen LogP contribution in [0.2, 0.25) is 0 Å². The first-order valence-corrected chi connectivity index (χ1v) is 26.6. The van der Waals surface area contributed by atoms with Crippen molar-refractivity contribution in [3.05, 3.63) is 72.9 Å². The molecule has 0 bridgehead atoms. The highest BCUT2D eigenvalue weighted by Gasteiger charge is 2.25. The van der Waals surface area contributed by atoms with Gasteiger partial charge in [-0.15, -0.1) is 0 Å². The van der Waals surface area contributed by atoms with E-state index in [1.165, 1.54) is 89.9 Å². The molecule has 1 N–H and O–H groups in total. The molecule has 0 amide bonds. The molecule has 0 radical (unpaired) electrons. The molecular formula is C57H100NO8+. The van der Waals surface area contributed by atoms with Gasteiger partial charge in [0, 0.05) is 12.8 Å². The van der Waals surface area contributed by atoms with Crippen LogP contribution in [-0.4, -0.2) is 87.4 Å². The summed E-state index contributed by atoms with van der Waals surface area (Å²) in [5.41, 5.74) is 0. The standard InChI is InChI=1S/C57H99NO8/c1-6-8-10-12-14-16-18-19-20-21-22-23-24-25-26-27-28-29-30-31-32-33-34-35-36-37-38-40-42-44-46-48-55(60)66-53(52-65-57(56(61)62)63-50-49-58(3,4)5)51-64-54(59)47-45-43-41-39-17-15-13-11-9-7-2/h8,10-11,13-14,16,19-20,22-23,25-26,53,57H,6-7,9,12,15,17-18,21,24,27-52H2,1-5H3/p+1/b10-8-,13-11-,16-14-,20-19-,23-22-,26-25-. The maximum atomic E-state index is 12.8. The van der Waals surface area contributed by atoms with Crippen molar-refractivity contribution in [2.24, 2.45) is 0 Å². The van der Waals surface area contributed by atoms with Crippen molar-refractivity contribution in [3.63, 3.8) is 0 Å². The molecule has 0 saturated carbocycles. The second-order valence-corrected chi connectivity index (χ2v) is 18.8. The van der Waals surface area contributed by atoms with Crippen molar-refractivity contribution in [1.29, 1.82) is 0 Å². The highest BCUT2D eigenvalue weighted by Crippen LogP contribution is 2.15. The van der Waals surface area contributed by atoms with Gasteiger partial charge in [0.15, 0.2) is 6.10 Å². The molecule has 0 aliphatic heterocycles. The number of unbranched alkanes of at least 4 members (excludes halogenated alkanes) is 21. The summed E-state index contributed by atoms with van der Waals surface area (Å²) in [7, 11) is 5.95. The predicted octanol–water partition coefficient (Wildman–Crippen LogP) is 15.1. The normalized spacial score (nSPS) is 13.4. The maximum absolute atomic E-state index is 12.8. The van der Waals surface area contributed by atoms with E-state index in [1.807, 2.05) is 21.1 Å². The zero-order valence-electron chi connectivity index (χ0n) is 43.1. The van der Waals surface area contributed by atoms with Gasteiger partial charge in [-0.3, -0.25) is 9.59 Å². The minimum absolute atomic E-state index is 0.185. The van der Waals surface area contributed by atoms with Gasteiger partial charge in [0.05, 0.1) is 34.4 Å². The smallest absolute Gasteiger partial charge is 0.361 e. The van der Waals surface area contributed by atoms with Crippen LogP contribution in [0, 0.1) is 0 Å². The number of esters is 2. The van der Waals surface area contributed by atoms with Gasteiger partial charge in [-0.2, -0.15) is 0 Å². The maximum Gasteiger partial charge on any atom is 0.361 e. The van der Waals surface area contributed by atoms with Gasteiger partial charge in [0.2, 0.25) is 0 Å². The van der Waals surface area contributed by atoms with Crippen molar-refractivity contribution in [3.8, 4) is 0 Å². The number of carboxylic acid groups (broad SMARTS) is 1. The van der Waals surface area contributed by atoms with Crippen molar-refractivity contribution in [2.45, 2.75) is 225 Å². The molecule has 2 unspecified atom stereocenters. The van der Waals surface area contributed by atoms with Crippen LogP contribution in [0.4, 0.5) is 0 Å². The fourth-order valence-corrected chi connectivity index (χ4v) is 7.10. The Balaban J connectivity index is 4.12.